The maximum atomic E-state index is 12.7. The number of nitrogens with zero attached hydrogens (tertiary/aromatic N) is 3. The molecule has 0 fully saturated rings. The van der Waals surface area contributed by atoms with E-state index in [0.717, 1.165) is 22.4 Å². The van der Waals surface area contributed by atoms with E-state index in [1.54, 1.807) is 4.90 Å². The number of imidazole rings is 1. The first-order chi connectivity index (χ1) is 14.5. The van der Waals surface area contributed by atoms with E-state index in [9.17, 15) is 9.59 Å². The summed E-state index contributed by atoms with van der Waals surface area (Å²) in [5.41, 5.74) is 2.89. The van der Waals surface area contributed by atoms with E-state index < -0.39 is 0 Å². The number of amides is 2. The Morgan fingerprint density at radius 2 is 1.67 bits per heavy atom. The fourth-order valence-corrected chi connectivity index (χ4v) is 3.73. The second-order valence-corrected chi connectivity index (χ2v) is 7.35. The highest BCUT2D eigenvalue weighted by Gasteiger charge is 2.22. The molecule has 1 N–H and O–H groups in total. The van der Waals surface area contributed by atoms with Gasteiger partial charge in [-0.05, 0) is 38.0 Å². The highest BCUT2D eigenvalue weighted by Crippen LogP contribution is 2.25. The van der Waals surface area contributed by atoms with E-state index in [-0.39, 0.29) is 17.9 Å². The summed E-state index contributed by atoms with van der Waals surface area (Å²) in [6.07, 6.45) is 1.23. The number of benzene rings is 2. The Bertz CT molecular complexity index is 993. The van der Waals surface area contributed by atoms with Crippen molar-refractivity contribution in [2.24, 2.45) is 7.05 Å². The van der Waals surface area contributed by atoms with Crippen molar-refractivity contribution >= 4 is 22.8 Å². The summed E-state index contributed by atoms with van der Waals surface area (Å²) < 4.78 is 2.02. The molecule has 0 saturated heterocycles. The molecule has 6 heteroatoms. The Morgan fingerprint density at radius 3 is 2.33 bits per heavy atom. The van der Waals surface area contributed by atoms with Crippen molar-refractivity contribution in [3.63, 3.8) is 0 Å². The fourth-order valence-electron chi connectivity index (χ4n) is 3.73. The van der Waals surface area contributed by atoms with Crippen LogP contribution in [0.1, 0.15) is 50.5 Å². The second-order valence-electron chi connectivity index (χ2n) is 7.35. The van der Waals surface area contributed by atoms with Crippen LogP contribution in [0.5, 0.6) is 0 Å². The van der Waals surface area contributed by atoms with Crippen LogP contribution < -0.4 is 5.32 Å². The van der Waals surface area contributed by atoms with Crippen LogP contribution in [0.25, 0.3) is 11.0 Å². The minimum Gasteiger partial charge on any atom is -0.343 e. The lowest BCUT2D eigenvalue weighted by Crippen LogP contribution is -2.32. The Hall–Kier alpha value is -3.15. The average molecular weight is 407 g/mol. The van der Waals surface area contributed by atoms with Gasteiger partial charge in [0.2, 0.25) is 11.8 Å². The minimum atomic E-state index is -0.352. The fraction of sp³-hybridized carbons (Fsp3) is 0.375. The number of hydrogen-bond acceptors (Lipinski definition) is 3. The van der Waals surface area contributed by atoms with Gasteiger partial charge in [0, 0.05) is 33.0 Å². The second kappa shape index (κ2) is 10.1. The van der Waals surface area contributed by atoms with Crippen LogP contribution in [0, 0.1) is 0 Å². The molecule has 3 rings (SSSR count). The summed E-state index contributed by atoms with van der Waals surface area (Å²) in [6, 6.07) is 17.4. The van der Waals surface area contributed by atoms with E-state index in [2.05, 4.69) is 5.32 Å². The monoisotopic (exact) mass is 406 g/mol. The summed E-state index contributed by atoms with van der Waals surface area (Å²) in [5, 5.41) is 3.14. The van der Waals surface area contributed by atoms with Gasteiger partial charge in [0.1, 0.15) is 11.9 Å². The molecule has 1 unspecified atom stereocenters. The van der Waals surface area contributed by atoms with Crippen LogP contribution in [0.4, 0.5) is 0 Å². The van der Waals surface area contributed by atoms with Crippen LogP contribution in [0.15, 0.2) is 54.6 Å². The largest absolute Gasteiger partial charge is 0.343 e. The van der Waals surface area contributed by atoms with E-state index in [0.29, 0.717) is 32.4 Å². The van der Waals surface area contributed by atoms with Crippen LogP contribution in [-0.4, -0.2) is 39.4 Å². The lowest BCUT2D eigenvalue weighted by atomic mass is 10.1. The molecule has 0 radical (unpaired) electrons. The van der Waals surface area contributed by atoms with Crippen molar-refractivity contribution in [3.8, 4) is 0 Å². The zero-order chi connectivity index (χ0) is 21.5. The van der Waals surface area contributed by atoms with E-state index in [1.165, 1.54) is 0 Å². The van der Waals surface area contributed by atoms with Crippen molar-refractivity contribution in [1.82, 2.24) is 19.8 Å². The lowest BCUT2D eigenvalue weighted by Gasteiger charge is -2.20. The van der Waals surface area contributed by atoms with Crippen molar-refractivity contribution in [3.05, 3.63) is 66.0 Å². The van der Waals surface area contributed by atoms with Crippen LogP contribution >= 0.6 is 0 Å². The summed E-state index contributed by atoms with van der Waals surface area (Å²) in [7, 11) is 1.97. The number of nitrogens with one attached hydrogen (secondary N) is 1. The molecule has 2 amide bonds. The lowest BCUT2D eigenvalue weighted by molar-refractivity contribution is -0.131. The first-order valence-corrected chi connectivity index (χ1v) is 10.6. The number of carbonyl (C=O) groups excluding carboxylic acids is 2. The van der Waals surface area contributed by atoms with Crippen LogP contribution in [0.2, 0.25) is 0 Å². The quantitative estimate of drug-likeness (QED) is 0.587. The maximum Gasteiger partial charge on any atom is 0.222 e. The molecule has 1 aromatic heterocycles. The molecule has 0 spiro atoms. The molecular formula is C24H30N4O2. The molecule has 0 bridgehead atoms. The SMILES string of the molecule is CCN(CC)C(=O)CCCC(=O)NC(c1ccccc1)c1nc2ccccc2n1C. The van der Waals surface area contributed by atoms with Gasteiger partial charge in [-0.25, -0.2) is 4.98 Å². The van der Waals surface area contributed by atoms with Crippen molar-refractivity contribution < 1.29 is 9.59 Å². The number of aromatic nitrogens is 2. The van der Waals surface area contributed by atoms with Crippen molar-refractivity contribution in [1.29, 1.82) is 0 Å². The van der Waals surface area contributed by atoms with Gasteiger partial charge in [0.05, 0.1) is 11.0 Å². The third-order valence-corrected chi connectivity index (χ3v) is 5.43. The van der Waals surface area contributed by atoms with Gasteiger partial charge in [-0.1, -0.05) is 42.5 Å². The van der Waals surface area contributed by atoms with Gasteiger partial charge in [0.25, 0.3) is 0 Å². The smallest absolute Gasteiger partial charge is 0.222 e. The summed E-state index contributed by atoms with van der Waals surface area (Å²) in [4.78, 5) is 31.5. The summed E-state index contributed by atoms with van der Waals surface area (Å²) >= 11 is 0. The van der Waals surface area contributed by atoms with Crippen LogP contribution in [-0.2, 0) is 16.6 Å². The van der Waals surface area contributed by atoms with Gasteiger partial charge >= 0.3 is 0 Å². The number of carbonyl (C=O) groups is 2. The number of hydrogen-bond donors (Lipinski definition) is 1. The third kappa shape index (κ3) is 4.87. The molecular weight excluding hydrogens is 376 g/mol. The molecule has 1 heterocycles. The molecule has 0 aliphatic heterocycles. The molecule has 2 aromatic carbocycles. The number of fused-ring (bicyclic) bond motifs is 1. The third-order valence-electron chi connectivity index (χ3n) is 5.43. The molecule has 1 atom stereocenters. The maximum absolute atomic E-state index is 12.7. The number of rotatable bonds is 9. The molecule has 158 valence electrons. The van der Waals surface area contributed by atoms with E-state index in [4.69, 9.17) is 4.98 Å². The molecule has 0 aliphatic rings. The predicted molar refractivity (Wildman–Crippen MR) is 119 cm³/mol. The first kappa shape index (κ1) is 21.6. The number of aryl methyl sites for hydroxylation is 1. The Morgan fingerprint density at radius 1 is 1.00 bits per heavy atom. The van der Waals surface area contributed by atoms with E-state index in [1.807, 2.05) is 80.1 Å². The minimum absolute atomic E-state index is 0.0803. The molecule has 0 saturated carbocycles. The Kier molecular flexibility index (Phi) is 7.22. The standard InChI is InChI=1S/C24H30N4O2/c1-4-28(5-2)22(30)17-11-16-21(29)26-23(18-12-7-6-8-13-18)24-25-19-14-9-10-15-20(19)27(24)3/h6-10,12-15,23H,4-5,11,16-17H2,1-3H3,(H,26,29). The van der Waals surface area contributed by atoms with Gasteiger partial charge in [-0.2, -0.15) is 0 Å². The highest BCUT2D eigenvalue weighted by molar-refractivity contribution is 5.80. The summed E-state index contributed by atoms with van der Waals surface area (Å²) in [6.45, 7) is 5.33. The zero-order valence-corrected chi connectivity index (χ0v) is 18.0. The number of para-hydroxylation sites is 2. The topological polar surface area (TPSA) is 67.2 Å². The predicted octanol–water partition coefficient (Wildman–Crippen LogP) is 3.82. The highest BCUT2D eigenvalue weighted by atomic mass is 16.2. The van der Waals surface area contributed by atoms with E-state index >= 15 is 0 Å². The Balaban J connectivity index is 1.75. The molecule has 0 aliphatic carbocycles. The van der Waals surface area contributed by atoms with Crippen molar-refractivity contribution in [2.45, 2.75) is 39.2 Å². The molecule has 30 heavy (non-hydrogen) atoms. The van der Waals surface area contributed by atoms with Gasteiger partial charge < -0.3 is 14.8 Å². The van der Waals surface area contributed by atoms with Gasteiger partial charge in [-0.15, -0.1) is 0 Å². The average Bonchev–Trinajstić information content (AvgIpc) is 3.10. The molecule has 3 aromatic rings. The molecule has 6 nitrogen and oxygen atoms in total. The van der Waals surface area contributed by atoms with Gasteiger partial charge in [0.15, 0.2) is 0 Å². The zero-order valence-electron chi connectivity index (χ0n) is 18.0. The van der Waals surface area contributed by atoms with Gasteiger partial charge in [-0.3, -0.25) is 9.59 Å². The van der Waals surface area contributed by atoms with Crippen LogP contribution in [0.3, 0.4) is 0 Å². The van der Waals surface area contributed by atoms with Crippen molar-refractivity contribution in [2.75, 3.05) is 13.1 Å². The normalized spacial score (nSPS) is 12.0. The first-order valence-electron chi connectivity index (χ1n) is 10.6. The Labute approximate surface area is 177 Å². The summed E-state index contributed by atoms with van der Waals surface area (Å²) in [5.74, 6) is 0.806.